The number of hydrogen-bond acceptors (Lipinski definition) is 3. The van der Waals surface area contributed by atoms with Gasteiger partial charge < -0.3 is 0 Å². The zero-order valence-electron chi connectivity index (χ0n) is 22.5. The number of imidazole rings is 1. The summed E-state index contributed by atoms with van der Waals surface area (Å²) in [6.07, 6.45) is 2.07. The van der Waals surface area contributed by atoms with Crippen LogP contribution in [0.3, 0.4) is 0 Å². The molecule has 196 valence electrons. The lowest BCUT2D eigenvalue weighted by molar-refractivity contribution is 1.22. The highest BCUT2D eigenvalue weighted by atomic mass is 32.1. The van der Waals surface area contributed by atoms with Crippen LogP contribution in [0.5, 0.6) is 0 Å². The summed E-state index contributed by atoms with van der Waals surface area (Å²) in [5.74, 6) is 0. The smallest absolute Gasteiger partial charge is 0.137 e. The predicted molar refractivity (Wildman–Crippen MR) is 177 cm³/mol. The number of aromatic nitrogens is 3. The monoisotopic (exact) mass is 553 g/mol. The van der Waals surface area contributed by atoms with Gasteiger partial charge in [-0.1, -0.05) is 91.0 Å². The molecule has 9 aromatic rings. The van der Waals surface area contributed by atoms with Crippen LogP contribution >= 0.6 is 11.3 Å². The Bertz CT molecular complexity index is 2470. The first kappa shape index (κ1) is 23.4. The SMILES string of the molecule is c1cc(-c2ccc(-c3nc4ccccc4c4nc5ccccn5c34)cc2)cc(-c2ccc3sc4ccccc4c3c2)c1. The van der Waals surface area contributed by atoms with Gasteiger partial charge in [-0.2, -0.15) is 0 Å². The Kier molecular flexibility index (Phi) is 5.07. The van der Waals surface area contributed by atoms with Crippen molar-refractivity contribution in [2.45, 2.75) is 0 Å². The van der Waals surface area contributed by atoms with E-state index in [4.69, 9.17) is 9.97 Å². The molecule has 0 aliphatic rings. The van der Waals surface area contributed by atoms with Gasteiger partial charge in [-0.05, 0) is 64.7 Å². The second kappa shape index (κ2) is 9.10. The molecule has 0 saturated carbocycles. The van der Waals surface area contributed by atoms with E-state index in [0.29, 0.717) is 0 Å². The average Bonchev–Trinajstić information content (AvgIpc) is 3.63. The van der Waals surface area contributed by atoms with E-state index in [1.807, 2.05) is 35.6 Å². The summed E-state index contributed by atoms with van der Waals surface area (Å²) in [7, 11) is 0. The molecule has 0 aliphatic carbocycles. The van der Waals surface area contributed by atoms with E-state index >= 15 is 0 Å². The van der Waals surface area contributed by atoms with Gasteiger partial charge in [0, 0.05) is 37.3 Å². The van der Waals surface area contributed by atoms with Crippen molar-refractivity contribution in [1.29, 1.82) is 0 Å². The molecular formula is C38H23N3S. The number of para-hydroxylation sites is 1. The van der Waals surface area contributed by atoms with E-state index in [-0.39, 0.29) is 0 Å². The highest BCUT2D eigenvalue weighted by Gasteiger charge is 2.16. The summed E-state index contributed by atoms with van der Waals surface area (Å²) < 4.78 is 4.81. The lowest BCUT2D eigenvalue weighted by atomic mass is 9.97. The summed E-state index contributed by atoms with van der Waals surface area (Å²) in [6.45, 7) is 0. The molecule has 4 aromatic heterocycles. The summed E-state index contributed by atoms with van der Waals surface area (Å²) in [5, 5.41) is 3.72. The number of hydrogen-bond donors (Lipinski definition) is 0. The maximum absolute atomic E-state index is 5.13. The van der Waals surface area contributed by atoms with Crippen molar-refractivity contribution >= 4 is 59.1 Å². The Morgan fingerprint density at radius 1 is 0.476 bits per heavy atom. The number of rotatable bonds is 3. The van der Waals surface area contributed by atoms with Crippen molar-refractivity contribution in [3.05, 3.63) is 140 Å². The van der Waals surface area contributed by atoms with Gasteiger partial charge in [0.2, 0.25) is 0 Å². The van der Waals surface area contributed by atoms with Crippen molar-refractivity contribution in [1.82, 2.24) is 14.4 Å². The fraction of sp³-hybridized carbons (Fsp3) is 0. The van der Waals surface area contributed by atoms with Gasteiger partial charge in [0.15, 0.2) is 0 Å². The number of nitrogens with zero attached hydrogens (tertiary/aromatic N) is 3. The van der Waals surface area contributed by atoms with Crippen LogP contribution in [-0.4, -0.2) is 14.4 Å². The molecule has 5 aromatic carbocycles. The molecule has 4 heterocycles. The average molecular weight is 554 g/mol. The van der Waals surface area contributed by atoms with Gasteiger partial charge in [-0.3, -0.25) is 4.40 Å². The Morgan fingerprint density at radius 3 is 2.07 bits per heavy atom. The minimum absolute atomic E-state index is 0.925. The molecule has 0 N–H and O–H groups in total. The second-order valence-corrected chi connectivity index (χ2v) is 11.8. The lowest BCUT2D eigenvalue weighted by Crippen LogP contribution is -1.92. The molecule has 0 saturated heterocycles. The van der Waals surface area contributed by atoms with Crippen molar-refractivity contribution < 1.29 is 0 Å². The third-order valence-corrected chi connectivity index (χ3v) is 9.36. The highest BCUT2D eigenvalue weighted by molar-refractivity contribution is 7.25. The Labute approximate surface area is 246 Å². The summed E-state index contributed by atoms with van der Waals surface area (Å²) in [4.78, 5) is 10.1. The highest BCUT2D eigenvalue weighted by Crippen LogP contribution is 2.38. The standard InChI is InChI=1S/C38H23N3S/c1-3-12-32-30(11-1)37-38(41-21-6-5-14-35(41)40-37)36(39-32)25-17-15-24(16-18-25)26-8-7-9-27(22-26)28-19-20-34-31(23-28)29-10-2-4-13-33(29)42-34/h1-23H. The largest absolute Gasteiger partial charge is 0.298 e. The fourth-order valence-electron chi connectivity index (χ4n) is 6.16. The summed E-state index contributed by atoms with van der Waals surface area (Å²) in [5.41, 5.74) is 10.7. The van der Waals surface area contributed by atoms with E-state index in [9.17, 15) is 0 Å². The Hall–Kier alpha value is -5.32. The minimum Gasteiger partial charge on any atom is -0.298 e. The van der Waals surface area contributed by atoms with Gasteiger partial charge in [-0.15, -0.1) is 11.3 Å². The number of benzene rings is 5. The van der Waals surface area contributed by atoms with E-state index in [2.05, 4.69) is 120 Å². The zero-order valence-corrected chi connectivity index (χ0v) is 23.3. The molecule has 4 heteroatoms. The second-order valence-electron chi connectivity index (χ2n) is 10.7. The first-order valence-corrected chi connectivity index (χ1v) is 14.9. The van der Waals surface area contributed by atoms with Crippen LogP contribution in [0, 0.1) is 0 Å². The van der Waals surface area contributed by atoms with Crippen LogP contribution in [0.2, 0.25) is 0 Å². The van der Waals surface area contributed by atoms with E-state index < -0.39 is 0 Å². The van der Waals surface area contributed by atoms with Gasteiger partial charge >= 0.3 is 0 Å². The van der Waals surface area contributed by atoms with Gasteiger partial charge in [0.25, 0.3) is 0 Å². The van der Waals surface area contributed by atoms with Crippen LogP contribution in [0.25, 0.3) is 81.3 Å². The van der Waals surface area contributed by atoms with E-state index in [1.165, 1.54) is 42.4 Å². The molecular weight excluding hydrogens is 531 g/mol. The van der Waals surface area contributed by atoms with E-state index in [1.54, 1.807) is 0 Å². The molecule has 0 spiro atoms. The molecule has 3 nitrogen and oxygen atoms in total. The van der Waals surface area contributed by atoms with Gasteiger partial charge in [0.1, 0.15) is 11.2 Å². The topological polar surface area (TPSA) is 30.2 Å². The molecule has 0 bridgehead atoms. The molecule has 0 fully saturated rings. The Balaban J connectivity index is 1.14. The first-order chi connectivity index (χ1) is 20.8. The third kappa shape index (κ3) is 3.59. The molecule has 0 aliphatic heterocycles. The lowest BCUT2D eigenvalue weighted by Gasteiger charge is -2.10. The predicted octanol–water partition coefficient (Wildman–Crippen LogP) is 10.4. The third-order valence-electron chi connectivity index (χ3n) is 8.21. The molecule has 42 heavy (non-hydrogen) atoms. The number of thiophene rings is 1. The van der Waals surface area contributed by atoms with Crippen molar-refractivity contribution in [2.75, 3.05) is 0 Å². The maximum Gasteiger partial charge on any atom is 0.137 e. The summed E-state index contributed by atoms with van der Waals surface area (Å²) in [6, 6.07) is 47.5. The zero-order chi connectivity index (χ0) is 27.6. The Morgan fingerprint density at radius 2 is 1.17 bits per heavy atom. The number of fused-ring (bicyclic) bond motifs is 8. The number of pyridine rings is 2. The molecule has 0 atom stereocenters. The molecule has 0 unspecified atom stereocenters. The summed E-state index contributed by atoms with van der Waals surface area (Å²) >= 11 is 1.86. The van der Waals surface area contributed by atoms with Gasteiger partial charge in [0.05, 0.1) is 16.7 Å². The van der Waals surface area contributed by atoms with Crippen molar-refractivity contribution in [3.8, 4) is 33.5 Å². The normalized spacial score (nSPS) is 11.8. The van der Waals surface area contributed by atoms with Crippen LogP contribution in [0.1, 0.15) is 0 Å². The molecule has 0 amide bonds. The first-order valence-electron chi connectivity index (χ1n) is 14.1. The van der Waals surface area contributed by atoms with Crippen molar-refractivity contribution in [2.24, 2.45) is 0 Å². The van der Waals surface area contributed by atoms with Gasteiger partial charge in [-0.25, -0.2) is 9.97 Å². The van der Waals surface area contributed by atoms with Crippen molar-refractivity contribution in [3.63, 3.8) is 0 Å². The quantitative estimate of drug-likeness (QED) is 0.218. The van der Waals surface area contributed by atoms with Crippen LogP contribution in [-0.2, 0) is 0 Å². The molecule has 0 radical (unpaired) electrons. The van der Waals surface area contributed by atoms with Crippen LogP contribution < -0.4 is 0 Å². The van der Waals surface area contributed by atoms with Crippen LogP contribution in [0.4, 0.5) is 0 Å². The minimum atomic E-state index is 0.925. The van der Waals surface area contributed by atoms with E-state index in [0.717, 1.165) is 38.8 Å². The maximum atomic E-state index is 5.13. The van der Waals surface area contributed by atoms with Crippen LogP contribution in [0.15, 0.2) is 140 Å². The molecule has 9 rings (SSSR count). The fourth-order valence-corrected chi connectivity index (χ4v) is 7.25.